The third-order valence-corrected chi connectivity index (χ3v) is 2.07. The van der Waals surface area contributed by atoms with Crippen LogP contribution in [0, 0.1) is 0 Å². The maximum Gasteiger partial charge on any atom is 0.218 e. The molecule has 0 spiro atoms. The minimum Gasteiger partial charge on any atom is -0.0775 e. The summed E-state index contributed by atoms with van der Waals surface area (Å²) in [6.07, 6.45) is 0. The molecule has 0 radical (unpaired) electrons. The molecule has 1 rings (SSSR count). The topological polar surface area (TPSA) is 0 Å². The molecule has 0 aliphatic rings. The van der Waals surface area contributed by atoms with Gasteiger partial charge >= 0.3 is 0 Å². The highest BCUT2D eigenvalue weighted by Crippen LogP contribution is 1.95. The summed E-state index contributed by atoms with van der Waals surface area (Å²) in [5.41, 5.74) is 1.47. The fraction of sp³-hybridized carbons (Fsp3) is 0.333. The predicted molar refractivity (Wildman–Crippen MR) is 50.0 cm³/mol. The van der Waals surface area contributed by atoms with Crippen LogP contribution < -0.4 is 0 Å². The normalized spacial score (nSPS) is 7.80. The average Bonchev–Trinajstić information content (AvgIpc) is 2.10. The quantitative estimate of drug-likeness (QED) is 0.536. The van der Waals surface area contributed by atoms with E-state index in [1.165, 1.54) is 27.1 Å². The Bertz CT molecular complexity index is 146. The zero-order valence-electron chi connectivity index (χ0n) is 7.09. The molecule has 0 N–H and O–H groups in total. The van der Waals surface area contributed by atoms with Crippen LogP contribution in [0.4, 0.5) is 0 Å². The summed E-state index contributed by atoms with van der Waals surface area (Å²) >= 11 is 1.28. The lowest BCUT2D eigenvalue weighted by Gasteiger charge is -1.89. The van der Waals surface area contributed by atoms with Gasteiger partial charge in [0.25, 0.3) is 0 Å². The smallest absolute Gasteiger partial charge is 0.0775 e. The molecule has 0 bridgehead atoms. The zero-order chi connectivity index (χ0) is 7.82. The highest BCUT2D eigenvalue weighted by atomic mass is 27.0. The van der Waals surface area contributed by atoms with E-state index in [0.29, 0.717) is 0 Å². The second-order valence-corrected chi connectivity index (χ2v) is 2.55. The van der Waals surface area contributed by atoms with E-state index < -0.39 is 0 Å². The van der Waals surface area contributed by atoms with Crippen molar-refractivity contribution in [2.75, 3.05) is 0 Å². The van der Waals surface area contributed by atoms with Crippen LogP contribution in [0.2, 0.25) is 0 Å². The summed E-state index contributed by atoms with van der Waals surface area (Å²) < 4.78 is 0. The lowest BCUT2D eigenvalue weighted by molar-refractivity contribution is 1.40. The molecule has 0 saturated carbocycles. The van der Waals surface area contributed by atoms with Crippen LogP contribution in [-0.4, -0.2) is 16.3 Å². The Morgan fingerprint density at radius 3 is 1.90 bits per heavy atom. The molecule has 0 fully saturated rings. The van der Waals surface area contributed by atoms with Crippen LogP contribution in [0.5, 0.6) is 0 Å². The van der Waals surface area contributed by atoms with Crippen LogP contribution >= 0.6 is 0 Å². The fourth-order valence-corrected chi connectivity index (χ4v) is 1.19. The van der Waals surface area contributed by atoms with E-state index in [0.717, 1.165) is 0 Å². The van der Waals surface area contributed by atoms with Crippen LogP contribution in [0.3, 0.4) is 0 Å². The van der Waals surface area contributed by atoms with E-state index in [-0.39, 0.29) is 0 Å². The first-order chi connectivity index (χ1) is 4.93. The van der Waals surface area contributed by atoms with Gasteiger partial charge in [-0.25, -0.2) is 0 Å². The summed E-state index contributed by atoms with van der Waals surface area (Å²) in [7, 11) is 0. The maximum atomic E-state index is 2.17. The lowest BCUT2D eigenvalue weighted by Crippen LogP contribution is -1.78. The van der Waals surface area contributed by atoms with E-state index in [4.69, 9.17) is 0 Å². The van der Waals surface area contributed by atoms with Gasteiger partial charge in [-0.05, 0) is 0 Å². The summed E-state index contributed by atoms with van der Waals surface area (Å²) in [6.45, 7) is 4.00. The molecule has 0 nitrogen and oxygen atoms in total. The molecule has 0 atom stereocenters. The highest BCUT2D eigenvalue weighted by molar-refractivity contribution is 6.08. The van der Waals surface area contributed by atoms with Gasteiger partial charge in [-0.2, -0.15) is 0 Å². The molecule has 10 heavy (non-hydrogen) atoms. The van der Waals surface area contributed by atoms with E-state index in [1.807, 2.05) is 13.8 Å². The molecule has 0 aliphatic heterocycles. The molecule has 0 aliphatic carbocycles. The highest BCUT2D eigenvalue weighted by Gasteiger charge is 1.80. The standard InChI is InChI=1S/C7H7.C2H6.Al.2H/c1-7-5-3-2-4-6-7;1-2;;;/h2-6H,1H2;1-2H3;;;. The van der Waals surface area contributed by atoms with Crippen molar-refractivity contribution >= 4 is 16.3 Å². The zero-order valence-corrected chi connectivity index (χ0v) is 9.09. The largest absolute Gasteiger partial charge is 0.218 e. The molecule has 0 saturated heterocycles. The molecule has 1 heteroatoms. The van der Waals surface area contributed by atoms with Crippen LogP contribution in [-0.2, 0) is 5.28 Å². The van der Waals surface area contributed by atoms with Gasteiger partial charge in [-0.1, -0.05) is 55.0 Å². The van der Waals surface area contributed by atoms with E-state index in [2.05, 4.69) is 30.3 Å². The number of hydrogen-bond donors (Lipinski definition) is 0. The second-order valence-electron chi connectivity index (χ2n) is 1.84. The van der Waals surface area contributed by atoms with Crippen molar-refractivity contribution < 1.29 is 0 Å². The third-order valence-electron chi connectivity index (χ3n) is 1.25. The Hall–Kier alpha value is -0.248. The van der Waals surface area contributed by atoms with Crippen LogP contribution in [0.25, 0.3) is 0 Å². The van der Waals surface area contributed by atoms with Gasteiger partial charge in [0.1, 0.15) is 0 Å². The number of benzene rings is 1. The van der Waals surface area contributed by atoms with Crippen molar-refractivity contribution in [1.82, 2.24) is 0 Å². The van der Waals surface area contributed by atoms with Crippen molar-refractivity contribution in [3.8, 4) is 0 Å². The van der Waals surface area contributed by atoms with Crippen molar-refractivity contribution in [3.63, 3.8) is 0 Å². The molecule has 0 amide bonds. The summed E-state index contributed by atoms with van der Waals surface area (Å²) in [5.74, 6) is 0. The molecular weight excluding hydrogens is 135 g/mol. The van der Waals surface area contributed by atoms with Crippen molar-refractivity contribution in [3.05, 3.63) is 35.9 Å². The molecule has 0 heterocycles. The van der Waals surface area contributed by atoms with Crippen molar-refractivity contribution in [1.29, 1.82) is 0 Å². The first-order valence-electron chi connectivity index (χ1n) is 3.97. The van der Waals surface area contributed by atoms with Gasteiger partial charge < -0.3 is 0 Å². The average molecular weight is 150 g/mol. The molecule has 0 unspecified atom stereocenters. The third kappa shape index (κ3) is 3.72. The molecule has 54 valence electrons. The predicted octanol–water partition coefficient (Wildman–Crippen LogP) is 1.85. The number of hydrogen-bond acceptors (Lipinski definition) is 0. The Balaban J connectivity index is 0.000000371. The minimum absolute atomic E-state index is 1.28. The Labute approximate surface area is 71.7 Å². The molecule has 1 aromatic carbocycles. The maximum absolute atomic E-state index is 2.17. The Morgan fingerprint density at radius 2 is 1.60 bits per heavy atom. The van der Waals surface area contributed by atoms with Gasteiger partial charge in [-0.3, -0.25) is 0 Å². The van der Waals surface area contributed by atoms with Gasteiger partial charge in [-0.15, -0.1) is 0 Å². The second kappa shape index (κ2) is 6.87. The first-order valence-corrected chi connectivity index (χ1v) is 5.39. The van der Waals surface area contributed by atoms with Gasteiger partial charge in [0.15, 0.2) is 0 Å². The number of rotatable bonds is 1. The monoisotopic (exact) mass is 150 g/mol. The Morgan fingerprint density at radius 1 is 1.10 bits per heavy atom. The molecule has 0 aromatic heterocycles. The van der Waals surface area contributed by atoms with E-state index >= 15 is 0 Å². The lowest BCUT2D eigenvalue weighted by atomic mass is 10.2. The van der Waals surface area contributed by atoms with Gasteiger partial charge in [0.2, 0.25) is 16.3 Å². The fourth-order valence-electron chi connectivity index (χ4n) is 0.714. The summed E-state index contributed by atoms with van der Waals surface area (Å²) in [5, 5.41) is 1.28. The Kier molecular flexibility index (Phi) is 6.70. The summed E-state index contributed by atoms with van der Waals surface area (Å²) in [6, 6.07) is 10.6. The van der Waals surface area contributed by atoms with E-state index in [1.54, 1.807) is 0 Å². The van der Waals surface area contributed by atoms with Gasteiger partial charge in [0.05, 0.1) is 0 Å². The minimum atomic E-state index is 1.28. The molecule has 1 aromatic rings. The van der Waals surface area contributed by atoms with Crippen LogP contribution in [0.1, 0.15) is 19.4 Å². The van der Waals surface area contributed by atoms with Crippen molar-refractivity contribution in [2.45, 2.75) is 19.1 Å². The first kappa shape index (κ1) is 9.75. The van der Waals surface area contributed by atoms with Crippen molar-refractivity contribution in [2.24, 2.45) is 0 Å². The summed E-state index contributed by atoms with van der Waals surface area (Å²) in [4.78, 5) is 0. The van der Waals surface area contributed by atoms with E-state index in [9.17, 15) is 0 Å². The van der Waals surface area contributed by atoms with Gasteiger partial charge in [0, 0.05) is 0 Å². The SMILES string of the molecule is CC.[AlH2][CH2]c1ccccc1. The van der Waals surface area contributed by atoms with Crippen LogP contribution in [0.15, 0.2) is 30.3 Å². The molecular formula is C9H15Al.